The highest BCUT2D eigenvalue weighted by Gasteiger charge is 2.53. The van der Waals surface area contributed by atoms with E-state index < -0.39 is 26.6 Å². The third-order valence-corrected chi connectivity index (χ3v) is 4.85. The van der Waals surface area contributed by atoms with Crippen molar-refractivity contribution in [2.75, 3.05) is 12.8 Å². The van der Waals surface area contributed by atoms with Crippen LogP contribution in [-0.4, -0.2) is 43.1 Å². The molecule has 1 aliphatic carbocycles. The fourth-order valence-electron chi connectivity index (χ4n) is 2.42. The number of rotatable bonds is 5. The first-order chi connectivity index (χ1) is 7.34. The van der Waals surface area contributed by atoms with Gasteiger partial charge in [0, 0.05) is 6.26 Å². The standard InChI is InChI=1S/C10H19NO4S/c1-3-7-11-10(9(12)13)6-4-5-8(10)16(2,14)15/h8,11H,3-7H2,1-2H3,(H,12,13). The summed E-state index contributed by atoms with van der Waals surface area (Å²) in [6.45, 7) is 2.45. The SMILES string of the molecule is CCCNC1(C(=O)O)CCCC1S(C)(=O)=O. The van der Waals surface area contributed by atoms with Crippen molar-refractivity contribution in [3.63, 3.8) is 0 Å². The summed E-state index contributed by atoms with van der Waals surface area (Å²) in [6, 6.07) is 0. The second-order valence-electron chi connectivity index (χ2n) is 4.41. The van der Waals surface area contributed by atoms with Gasteiger partial charge in [-0.25, -0.2) is 8.42 Å². The van der Waals surface area contributed by atoms with E-state index in [9.17, 15) is 18.3 Å². The van der Waals surface area contributed by atoms with Crippen LogP contribution in [0, 0.1) is 0 Å². The molecule has 1 aliphatic rings. The van der Waals surface area contributed by atoms with Gasteiger partial charge in [0.05, 0.1) is 5.25 Å². The van der Waals surface area contributed by atoms with E-state index in [4.69, 9.17) is 0 Å². The van der Waals surface area contributed by atoms with Crippen molar-refractivity contribution >= 4 is 15.8 Å². The van der Waals surface area contributed by atoms with E-state index >= 15 is 0 Å². The van der Waals surface area contributed by atoms with Gasteiger partial charge in [-0.15, -0.1) is 0 Å². The molecule has 1 rings (SSSR count). The Kier molecular flexibility index (Phi) is 3.96. The summed E-state index contributed by atoms with van der Waals surface area (Å²) in [7, 11) is -3.33. The number of carbonyl (C=O) groups is 1. The lowest BCUT2D eigenvalue weighted by atomic mass is 9.97. The third kappa shape index (κ3) is 2.38. The molecule has 0 aromatic carbocycles. The highest BCUT2D eigenvalue weighted by Crippen LogP contribution is 2.35. The van der Waals surface area contributed by atoms with Crippen LogP contribution in [0.15, 0.2) is 0 Å². The van der Waals surface area contributed by atoms with Gasteiger partial charge in [0.2, 0.25) is 0 Å². The maximum atomic E-state index is 11.6. The Hall–Kier alpha value is -0.620. The molecular weight excluding hydrogens is 230 g/mol. The van der Waals surface area contributed by atoms with Gasteiger partial charge >= 0.3 is 5.97 Å². The molecule has 94 valence electrons. The Morgan fingerprint density at radius 1 is 1.56 bits per heavy atom. The van der Waals surface area contributed by atoms with Gasteiger partial charge in [-0.05, 0) is 32.2 Å². The summed E-state index contributed by atoms with van der Waals surface area (Å²) in [5.41, 5.74) is -1.27. The van der Waals surface area contributed by atoms with Gasteiger partial charge in [0.15, 0.2) is 9.84 Å². The second-order valence-corrected chi connectivity index (χ2v) is 6.64. The van der Waals surface area contributed by atoms with E-state index in [0.717, 1.165) is 12.7 Å². The number of aliphatic carboxylic acids is 1. The number of carboxylic acid groups (broad SMARTS) is 1. The van der Waals surface area contributed by atoms with Gasteiger partial charge < -0.3 is 10.4 Å². The van der Waals surface area contributed by atoms with Crippen LogP contribution >= 0.6 is 0 Å². The van der Waals surface area contributed by atoms with Crippen LogP contribution in [0.4, 0.5) is 0 Å². The molecule has 0 radical (unpaired) electrons. The average Bonchev–Trinajstić information content (AvgIpc) is 2.58. The number of hydrogen-bond acceptors (Lipinski definition) is 4. The molecule has 0 heterocycles. The maximum absolute atomic E-state index is 11.6. The van der Waals surface area contributed by atoms with Gasteiger partial charge in [0.1, 0.15) is 5.54 Å². The van der Waals surface area contributed by atoms with Crippen LogP contribution in [0.1, 0.15) is 32.6 Å². The molecule has 0 amide bonds. The molecule has 1 saturated carbocycles. The van der Waals surface area contributed by atoms with E-state index in [1.54, 1.807) is 0 Å². The summed E-state index contributed by atoms with van der Waals surface area (Å²) >= 11 is 0. The van der Waals surface area contributed by atoms with Crippen LogP contribution in [0.2, 0.25) is 0 Å². The first kappa shape index (κ1) is 13.4. The molecule has 5 nitrogen and oxygen atoms in total. The third-order valence-electron chi connectivity index (χ3n) is 3.18. The summed E-state index contributed by atoms with van der Waals surface area (Å²) in [5.74, 6) is -1.05. The van der Waals surface area contributed by atoms with Crippen molar-refractivity contribution in [2.45, 2.75) is 43.4 Å². The second kappa shape index (κ2) is 4.71. The van der Waals surface area contributed by atoms with Crippen molar-refractivity contribution < 1.29 is 18.3 Å². The fourth-order valence-corrected chi connectivity index (χ4v) is 4.05. The highest BCUT2D eigenvalue weighted by atomic mass is 32.2. The Bertz CT molecular complexity index is 365. The first-order valence-corrected chi connectivity index (χ1v) is 7.47. The summed E-state index contributed by atoms with van der Waals surface area (Å²) in [4.78, 5) is 11.4. The van der Waals surface area contributed by atoms with Gasteiger partial charge in [-0.3, -0.25) is 4.79 Å². The van der Waals surface area contributed by atoms with Crippen molar-refractivity contribution in [3.05, 3.63) is 0 Å². The summed E-state index contributed by atoms with van der Waals surface area (Å²) in [6.07, 6.45) is 3.36. The molecule has 0 aliphatic heterocycles. The Morgan fingerprint density at radius 2 is 2.19 bits per heavy atom. The minimum atomic E-state index is -3.33. The van der Waals surface area contributed by atoms with Crippen LogP contribution in [0.5, 0.6) is 0 Å². The predicted molar refractivity (Wildman–Crippen MR) is 61.1 cm³/mol. The molecule has 0 saturated heterocycles. The van der Waals surface area contributed by atoms with Crippen molar-refractivity contribution in [1.29, 1.82) is 0 Å². The van der Waals surface area contributed by atoms with E-state index in [-0.39, 0.29) is 0 Å². The molecule has 1 fully saturated rings. The quantitative estimate of drug-likeness (QED) is 0.737. The summed E-state index contributed by atoms with van der Waals surface area (Å²) in [5, 5.41) is 11.4. The Balaban J connectivity index is 3.04. The molecule has 2 N–H and O–H groups in total. The molecule has 16 heavy (non-hydrogen) atoms. The maximum Gasteiger partial charge on any atom is 0.325 e. The van der Waals surface area contributed by atoms with Crippen LogP contribution in [0.25, 0.3) is 0 Å². The number of hydrogen-bond donors (Lipinski definition) is 2. The predicted octanol–water partition coefficient (Wildman–Crippen LogP) is 0.406. The zero-order valence-electron chi connectivity index (χ0n) is 9.69. The smallest absolute Gasteiger partial charge is 0.325 e. The lowest BCUT2D eigenvalue weighted by Gasteiger charge is -2.31. The van der Waals surface area contributed by atoms with Gasteiger partial charge in [-0.2, -0.15) is 0 Å². The van der Waals surface area contributed by atoms with Crippen molar-refractivity contribution in [2.24, 2.45) is 0 Å². The molecule has 0 aromatic heterocycles. The lowest BCUT2D eigenvalue weighted by Crippen LogP contribution is -2.59. The van der Waals surface area contributed by atoms with Gasteiger partial charge in [0.25, 0.3) is 0 Å². The van der Waals surface area contributed by atoms with E-state index in [1.807, 2.05) is 6.92 Å². The molecule has 0 aromatic rings. The highest BCUT2D eigenvalue weighted by molar-refractivity contribution is 7.91. The minimum Gasteiger partial charge on any atom is -0.480 e. The van der Waals surface area contributed by atoms with Crippen LogP contribution in [0.3, 0.4) is 0 Å². The van der Waals surface area contributed by atoms with Gasteiger partial charge in [-0.1, -0.05) is 6.92 Å². The Morgan fingerprint density at radius 3 is 2.62 bits per heavy atom. The molecule has 2 unspecified atom stereocenters. The summed E-state index contributed by atoms with van der Waals surface area (Å²) < 4.78 is 23.2. The van der Waals surface area contributed by atoms with Crippen LogP contribution in [-0.2, 0) is 14.6 Å². The zero-order chi connectivity index (χ0) is 12.4. The molecule has 2 atom stereocenters. The Labute approximate surface area is 96.1 Å². The van der Waals surface area contributed by atoms with E-state index in [0.29, 0.717) is 25.8 Å². The molecule has 0 spiro atoms. The monoisotopic (exact) mass is 249 g/mol. The van der Waals surface area contributed by atoms with Crippen molar-refractivity contribution in [3.8, 4) is 0 Å². The fraction of sp³-hybridized carbons (Fsp3) is 0.900. The first-order valence-electron chi connectivity index (χ1n) is 5.52. The normalized spacial score (nSPS) is 30.5. The lowest BCUT2D eigenvalue weighted by molar-refractivity contribution is -0.144. The topological polar surface area (TPSA) is 83.5 Å². The van der Waals surface area contributed by atoms with E-state index in [2.05, 4.69) is 5.32 Å². The largest absolute Gasteiger partial charge is 0.480 e. The minimum absolute atomic E-state index is 0.389. The van der Waals surface area contributed by atoms with E-state index in [1.165, 1.54) is 0 Å². The number of sulfone groups is 1. The van der Waals surface area contributed by atoms with Crippen molar-refractivity contribution in [1.82, 2.24) is 5.32 Å². The molecule has 0 bridgehead atoms. The van der Waals surface area contributed by atoms with Crippen LogP contribution < -0.4 is 5.32 Å². The molecular formula is C10H19NO4S. The number of carboxylic acids is 1. The average molecular weight is 249 g/mol. The molecule has 6 heteroatoms. The zero-order valence-corrected chi connectivity index (χ0v) is 10.5. The number of nitrogens with one attached hydrogen (secondary N) is 1.